The number of halogens is 1. The maximum atomic E-state index is 12.1. The number of amides is 1. The summed E-state index contributed by atoms with van der Waals surface area (Å²) in [6.07, 6.45) is 0.507. The van der Waals surface area contributed by atoms with Crippen molar-refractivity contribution in [2.45, 2.75) is 32.1 Å². The quantitative estimate of drug-likeness (QED) is 0.789. The van der Waals surface area contributed by atoms with Crippen LogP contribution in [0.1, 0.15) is 32.3 Å². The number of carboxylic acid groups (broad SMARTS) is 1. The lowest BCUT2D eigenvalue weighted by Crippen LogP contribution is -2.40. The third kappa shape index (κ3) is 4.67. The molecule has 0 saturated heterocycles. The molecule has 1 aromatic carbocycles. The summed E-state index contributed by atoms with van der Waals surface area (Å²) in [7, 11) is 0. The minimum absolute atomic E-state index is 0.0671. The number of carbonyl (C=O) groups excluding carboxylic acids is 1. The largest absolute Gasteiger partial charge is 0.481 e. The van der Waals surface area contributed by atoms with Gasteiger partial charge < -0.3 is 10.4 Å². The van der Waals surface area contributed by atoms with E-state index in [1.165, 1.54) is 0 Å². The van der Waals surface area contributed by atoms with Gasteiger partial charge in [0.2, 0.25) is 5.91 Å². The lowest BCUT2D eigenvalue weighted by atomic mass is 9.84. The van der Waals surface area contributed by atoms with Crippen LogP contribution >= 0.6 is 15.9 Å². The second-order valence-electron chi connectivity index (χ2n) is 4.89. The first-order valence-corrected chi connectivity index (χ1v) is 6.89. The summed E-state index contributed by atoms with van der Waals surface area (Å²) in [4.78, 5) is 22.5. The van der Waals surface area contributed by atoms with Crippen molar-refractivity contribution < 1.29 is 14.7 Å². The van der Waals surface area contributed by atoms with Crippen molar-refractivity contribution in [3.8, 4) is 0 Å². The highest BCUT2D eigenvalue weighted by Crippen LogP contribution is 2.25. The fraction of sp³-hybridized carbons (Fsp3) is 0.429. The molecule has 0 heterocycles. The van der Waals surface area contributed by atoms with Crippen molar-refractivity contribution >= 4 is 27.8 Å². The van der Waals surface area contributed by atoms with Crippen molar-refractivity contribution in [1.29, 1.82) is 0 Å². The number of carboxylic acids is 1. The summed E-state index contributed by atoms with van der Waals surface area (Å²) in [5.41, 5.74) is 0.269. The first kappa shape index (κ1) is 15.7. The minimum Gasteiger partial charge on any atom is -0.481 e. The van der Waals surface area contributed by atoms with Gasteiger partial charge in [0, 0.05) is 17.4 Å². The molecule has 0 unspecified atom stereocenters. The zero-order valence-corrected chi connectivity index (χ0v) is 12.7. The van der Waals surface area contributed by atoms with E-state index in [4.69, 9.17) is 5.11 Å². The van der Waals surface area contributed by atoms with Gasteiger partial charge in [-0.15, -0.1) is 0 Å². The van der Waals surface area contributed by atoms with Crippen LogP contribution in [0, 0.1) is 0 Å². The summed E-state index contributed by atoms with van der Waals surface area (Å²) in [6.45, 7) is 4.07. The Morgan fingerprint density at radius 2 is 2.05 bits per heavy atom. The van der Waals surface area contributed by atoms with E-state index in [-0.39, 0.29) is 12.3 Å². The number of benzene rings is 1. The minimum atomic E-state index is -0.847. The highest BCUT2D eigenvalue weighted by atomic mass is 79.9. The monoisotopic (exact) mass is 327 g/mol. The van der Waals surface area contributed by atoms with Gasteiger partial charge in [-0.1, -0.05) is 28.1 Å². The second kappa shape index (κ2) is 6.70. The molecule has 0 aromatic heterocycles. The van der Waals surface area contributed by atoms with Crippen LogP contribution in [0.3, 0.4) is 0 Å². The molecule has 5 heteroatoms. The summed E-state index contributed by atoms with van der Waals surface area (Å²) < 4.78 is 0.928. The second-order valence-corrected chi connectivity index (χ2v) is 5.80. The molecule has 0 bridgehead atoms. The molecule has 104 valence electrons. The van der Waals surface area contributed by atoms with E-state index in [0.717, 1.165) is 10.0 Å². The van der Waals surface area contributed by atoms with Gasteiger partial charge in [-0.3, -0.25) is 9.59 Å². The van der Waals surface area contributed by atoms with Crippen LogP contribution in [0.4, 0.5) is 0 Å². The van der Waals surface area contributed by atoms with Crippen molar-refractivity contribution in [3.05, 3.63) is 34.3 Å². The van der Waals surface area contributed by atoms with Crippen molar-refractivity contribution in [2.24, 2.45) is 0 Å². The molecule has 0 saturated carbocycles. The molecule has 0 spiro atoms. The maximum absolute atomic E-state index is 12.1. The molecule has 0 fully saturated rings. The summed E-state index contributed by atoms with van der Waals surface area (Å²) >= 11 is 3.39. The molecule has 19 heavy (non-hydrogen) atoms. The molecular formula is C14H18BrNO3. The number of aliphatic carboxylic acids is 1. The highest BCUT2D eigenvalue weighted by molar-refractivity contribution is 9.10. The predicted octanol–water partition coefficient (Wildman–Crippen LogP) is 2.71. The van der Waals surface area contributed by atoms with Crippen LogP contribution in [0.2, 0.25) is 0 Å². The Labute approximate surface area is 121 Å². The maximum Gasteiger partial charge on any atom is 0.303 e. The zero-order valence-electron chi connectivity index (χ0n) is 11.1. The van der Waals surface area contributed by atoms with Crippen molar-refractivity contribution in [3.63, 3.8) is 0 Å². The van der Waals surface area contributed by atoms with Crippen LogP contribution in [0.15, 0.2) is 28.7 Å². The highest BCUT2D eigenvalue weighted by Gasteiger charge is 2.29. The zero-order chi connectivity index (χ0) is 14.5. The van der Waals surface area contributed by atoms with Crippen LogP contribution in [-0.4, -0.2) is 23.5 Å². The first-order valence-electron chi connectivity index (χ1n) is 6.10. The molecule has 0 radical (unpaired) electrons. The molecule has 0 atom stereocenters. The van der Waals surface area contributed by atoms with E-state index >= 15 is 0 Å². The number of hydrogen-bond acceptors (Lipinski definition) is 2. The number of rotatable bonds is 6. The summed E-state index contributed by atoms with van der Waals surface area (Å²) in [5.74, 6) is -0.948. The van der Waals surface area contributed by atoms with E-state index in [1.807, 2.05) is 38.1 Å². The van der Waals surface area contributed by atoms with Gasteiger partial charge in [-0.25, -0.2) is 0 Å². The Hall–Kier alpha value is -1.36. The molecule has 0 aliphatic rings. The Bertz CT molecular complexity index is 472. The molecule has 1 amide bonds. The third-order valence-corrected chi connectivity index (χ3v) is 3.46. The van der Waals surface area contributed by atoms with Crippen LogP contribution < -0.4 is 5.32 Å². The average molecular weight is 328 g/mol. The van der Waals surface area contributed by atoms with Gasteiger partial charge in [0.1, 0.15) is 0 Å². The molecule has 4 nitrogen and oxygen atoms in total. The SMILES string of the molecule is CC(C)(C(=O)NCCCC(=O)O)c1cccc(Br)c1. The first-order chi connectivity index (χ1) is 8.84. The molecule has 0 aliphatic heterocycles. The van der Waals surface area contributed by atoms with E-state index < -0.39 is 11.4 Å². The normalized spacial score (nSPS) is 11.1. The van der Waals surface area contributed by atoms with Gasteiger partial charge in [-0.05, 0) is 38.0 Å². The number of nitrogens with one attached hydrogen (secondary N) is 1. The van der Waals surface area contributed by atoms with E-state index in [1.54, 1.807) is 0 Å². The molecule has 2 N–H and O–H groups in total. The lowest BCUT2D eigenvalue weighted by Gasteiger charge is -2.24. The Balaban J connectivity index is 2.61. The Kier molecular flexibility index (Phi) is 5.54. The van der Waals surface area contributed by atoms with Gasteiger partial charge in [0.15, 0.2) is 0 Å². The van der Waals surface area contributed by atoms with Crippen molar-refractivity contribution in [1.82, 2.24) is 5.32 Å². The Morgan fingerprint density at radius 3 is 2.63 bits per heavy atom. The van der Waals surface area contributed by atoms with Gasteiger partial charge in [-0.2, -0.15) is 0 Å². The standard InChI is InChI=1S/C14H18BrNO3/c1-14(2,10-5-3-6-11(15)9-10)13(19)16-8-4-7-12(17)18/h3,5-6,9H,4,7-8H2,1-2H3,(H,16,19)(H,17,18). The topological polar surface area (TPSA) is 66.4 Å². The lowest BCUT2D eigenvalue weighted by molar-refractivity contribution is -0.137. The summed E-state index contributed by atoms with van der Waals surface area (Å²) in [6, 6.07) is 7.61. The summed E-state index contributed by atoms with van der Waals surface area (Å²) in [5, 5.41) is 11.3. The molecule has 1 aromatic rings. The third-order valence-electron chi connectivity index (χ3n) is 2.97. The molecule has 0 aliphatic carbocycles. The fourth-order valence-corrected chi connectivity index (χ4v) is 2.07. The Morgan fingerprint density at radius 1 is 1.37 bits per heavy atom. The smallest absolute Gasteiger partial charge is 0.303 e. The predicted molar refractivity (Wildman–Crippen MR) is 77.0 cm³/mol. The van der Waals surface area contributed by atoms with Crippen LogP contribution in [-0.2, 0) is 15.0 Å². The van der Waals surface area contributed by atoms with Crippen LogP contribution in [0.5, 0.6) is 0 Å². The van der Waals surface area contributed by atoms with E-state index in [9.17, 15) is 9.59 Å². The van der Waals surface area contributed by atoms with Gasteiger partial charge in [0.05, 0.1) is 5.41 Å². The molecule has 1 rings (SSSR count). The van der Waals surface area contributed by atoms with Gasteiger partial charge in [0.25, 0.3) is 0 Å². The van der Waals surface area contributed by atoms with E-state index in [2.05, 4.69) is 21.2 Å². The van der Waals surface area contributed by atoms with Crippen LogP contribution in [0.25, 0.3) is 0 Å². The number of hydrogen-bond donors (Lipinski definition) is 2. The van der Waals surface area contributed by atoms with Crippen molar-refractivity contribution in [2.75, 3.05) is 6.54 Å². The van der Waals surface area contributed by atoms with E-state index in [0.29, 0.717) is 13.0 Å². The molecular weight excluding hydrogens is 310 g/mol. The fourth-order valence-electron chi connectivity index (χ4n) is 1.67. The number of carbonyl (C=O) groups is 2. The van der Waals surface area contributed by atoms with Gasteiger partial charge >= 0.3 is 5.97 Å². The average Bonchev–Trinajstić information content (AvgIpc) is 2.34.